The summed E-state index contributed by atoms with van der Waals surface area (Å²) >= 11 is 0. The van der Waals surface area contributed by atoms with Gasteiger partial charge < -0.3 is 15.3 Å². The van der Waals surface area contributed by atoms with Crippen molar-refractivity contribution in [2.45, 2.75) is 57.9 Å². The van der Waals surface area contributed by atoms with Gasteiger partial charge in [-0.3, -0.25) is 9.59 Å². The number of nitrogens with one attached hydrogen (secondary N) is 1. The summed E-state index contributed by atoms with van der Waals surface area (Å²) < 4.78 is 0. The Kier molecular flexibility index (Phi) is 6.03. The first-order chi connectivity index (χ1) is 10.1. The quantitative estimate of drug-likeness (QED) is 0.821. The Labute approximate surface area is 127 Å². The summed E-state index contributed by atoms with van der Waals surface area (Å²) in [4.78, 5) is 26.4. The van der Waals surface area contributed by atoms with Crippen molar-refractivity contribution in [2.75, 3.05) is 19.7 Å². The Bertz CT molecular complexity index is 359. The van der Waals surface area contributed by atoms with Crippen molar-refractivity contribution >= 4 is 11.8 Å². The number of rotatable bonds is 4. The monoisotopic (exact) mass is 296 g/mol. The van der Waals surface area contributed by atoms with Crippen LogP contribution in [0.15, 0.2) is 0 Å². The number of hydrogen-bond acceptors (Lipinski definition) is 3. The van der Waals surface area contributed by atoms with Gasteiger partial charge in [-0.2, -0.15) is 0 Å². The average molecular weight is 296 g/mol. The lowest BCUT2D eigenvalue weighted by Crippen LogP contribution is -2.50. The van der Waals surface area contributed by atoms with Crippen LogP contribution in [0.4, 0.5) is 0 Å². The van der Waals surface area contributed by atoms with Crippen molar-refractivity contribution in [3.63, 3.8) is 0 Å². The van der Waals surface area contributed by atoms with E-state index in [1.54, 1.807) is 6.92 Å². The van der Waals surface area contributed by atoms with Crippen LogP contribution in [0.2, 0.25) is 0 Å². The molecule has 5 nitrogen and oxygen atoms in total. The number of hydrogen-bond donors (Lipinski definition) is 2. The van der Waals surface area contributed by atoms with Crippen molar-refractivity contribution in [3.05, 3.63) is 0 Å². The van der Waals surface area contributed by atoms with Crippen molar-refractivity contribution in [1.29, 1.82) is 0 Å². The molecule has 1 aliphatic carbocycles. The minimum absolute atomic E-state index is 0.00977. The predicted octanol–water partition coefficient (Wildman–Crippen LogP) is 1.30. The highest BCUT2D eigenvalue weighted by atomic mass is 16.3. The Morgan fingerprint density at radius 3 is 2.33 bits per heavy atom. The molecule has 2 amide bonds. The third-order valence-electron chi connectivity index (χ3n) is 4.89. The zero-order valence-corrected chi connectivity index (χ0v) is 13.0. The smallest absolute Gasteiger partial charge is 0.244 e. The van der Waals surface area contributed by atoms with Crippen molar-refractivity contribution in [2.24, 2.45) is 11.8 Å². The lowest BCUT2D eigenvalue weighted by atomic mass is 9.88. The first-order valence-electron chi connectivity index (χ1n) is 8.32. The molecule has 1 heterocycles. The zero-order valence-electron chi connectivity index (χ0n) is 13.0. The second-order valence-corrected chi connectivity index (χ2v) is 6.52. The first kappa shape index (κ1) is 16.3. The van der Waals surface area contributed by atoms with Gasteiger partial charge in [0.25, 0.3) is 0 Å². The number of aliphatic hydroxyl groups is 1. The fraction of sp³-hybridized carbons (Fsp3) is 0.875. The Morgan fingerprint density at radius 1 is 1.14 bits per heavy atom. The molecule has 120 valence electrons. The average Bonchev–Trinajstić information content (AvgIpc) is 2.55. The summed E-state index contributed by atoms with van der Waals surface area (Å²) in [6.45, 7) is 3.36. The van der Waals surface area contributed by atoms with Crippen LogP contribution in [-0.4, -0.2) is 47.6 Å². The van der Waals surface area contributed by atoms with E-state index in [4.69, 9.17) is 5.11 Å². The molecular weight excluding hydrogens is 268 g/mol. The molecule has 0 spiro atoms. The van der Waals surface area contributed by atoms with Crippen LogP contribution in [0.5, 0.6) is 0 Å². The standard InChI is InChI=1S/C16H28N2O3/c1-12(17-15(20)14-5-3-2-4-6-14)16(21)18-9-7-13(11-19)8-10-18/h12-14,19H,2-11H2,1H3,(H,17,20). The summed E-state index contributed by atoms with van der Waals surface area (Å²) in [5.74, 6) is 0.464. The van der Waals surface area contributed by atoms with E-state index in [1.807, 2.05) is 4.90 Å². The second-order valence-electron chi connectivity index (χ2n) is 6.52. The molecule has 2 aliphatic rings. The van der Waals surface area contributed by atoms with Gasteiger partial charge >= 0.3 is 0 Å². The number of likely N-dealkylation sites (tertiary alicyclic amines) is 1. The molecular formula is C16H28N2O3. The molecule has 0 aromatic rings. The van der Waals surface area contributed by atoms with E-state index in [0.29, 0.717) is 19.0 Å². The third-order valence-corrected chi connectivity index (χ3v) is 4.89. The third kappa shape index (κ3) is 4.43. The number of carbonyl (C=O) groups excluding carboxylic acids is 2. The minimum Gasteiger partial charge on any atom is -0.396 e. The predicted molar refractivity (Wildman–Crippen MR) is 80.6 cm³/mol. The van der Waals surface area contributed by atoms with E-state index >= 15 is 0 Å². The molecule has 0 aromatic heterocycles. The van der Waals surface area contributed by atoms with Gasteiger partial charge in [0.2, 0.25) is 11.8 Å². The second kappa shape index (κ2) is 7.78. The highest BCUT2D eigenvalue weighted by Crippen LogP contribution is 2.24. The van der Waals surface area contributed by atoms with Gasteiger partial charge in [-0.25, -0.2) is 0 Å². The Hall–Kier alpha value is -1.10. The van der Waals surface area contributed by atoms with Crippen molar-refractivity contribution < 1.29 is 14.7 Å². The van der Waals surface area contributed by atoms with Crippen LogP contribution in [0.3, 0.4) is 0 Å². The zero-order chi connectivity index (χ0) is 15.2. The van der Waals surface area contributed by atoms with Crippen molar-refractivity contribution in [1.82, 2.24) is 10.2 Å². The van der Waals surface area contributed by atoms with Crippen LogP contribution in [0.25, 0.3) is 0 Å². The summed E-state index contributed by atoms with van der Waals surface area (Å²) in [7, 11) is 0. The lowest BCUT2D eigenvalue weighted by Gasteiger charge is -2.33. The highest BCUT2D eigenvalue weighted by Gasteiger charge is 2.28. The Morgan fingerprint density at radius 2 is 1.76 bits per heavy atom. The summed E-state index contributed by atoms with van der Waals surface area (Å²) in [5, 5.41) is 12.0. The molecule has 1 unspecified atom stereocenters. The molecule has 0 bridgehead atoms. The number of carbonyl (C=O) groups is 2. The molecule has 1 aliphatic heterocycles. The van der Waals surface area contributed by atoms with E-state index in [0.717, 1.165) is 38.5 Å². The molecule has 1 atom stereocenters. The van der Waals surface area contributed by atoms with E-state index in [-0.39, 0.29) is 24.3 Å². The van der Waals surface area contributed by atoms with Crippen LogP contribution >= 0.6 is 0 Å². The molecule has 2 rings (SSSR count). The van der Waals surface area contributed by atoms with Gasteiger partial charge in [0, 0.05) is 25.6 Å². The fourth-order valence-electron chi connectivity index (χ4n) is 3.37. The summed E-state index contributed by atoms with van der Waals surface area (Å²) in [6, 6.07) is -0.440. The molecule has 1 saturated heterocycles. The largest absolute Gasteiger partial charge is 0.396 e. The van der Waals surface area contributed by atoms with E-state index in [9.17, 15) is 9.59 Å². The van der Waals surface area contributed by atoms with Crippen molar-refractivity contribution in [3.8, 4) is 0 Å². The van der Waals surface area contributed by atoms with Crippen LogP contribution < -0.4 is 5.32 Å². The molecule has 21 heavy (non-hydrogen) atoms. The maximum absolute atomic E-state index is 12.4. The molecule has 0 radical (unpaired) electrons. The van der Waals surface area contributed by atoms with Crippen LogP contribution in [-0.2, 0) is 9.59 Å². The normalized spacial score (nSPS) is 22.9. The number of piperidine rings is 1. The van der Waals surface area contributed by atoms with Gasteiger partial charge in [0.1, 0.15) is 6.04 Å². The molecule has 1 saturated carbocycles. The summed E-state index contributed by atoms with van der Waals surface area (Å²) in [6.07, 6.45) is 7.07. The van der Waals surface area contributed by atoms with E-state index in [2.05, 4.69) is 5.32 Å². The van der Waals surface area contributed by atoms with Gasteiger partial charge in [-0.1, -0.05) is 19.3 Å². The van der Waals surface area contributed by atoms with Gasteiger partial charge in [0.15, 0.2) is 0 Å². The first-order valence-corrected chi connectivity index (χ1v) is 8.32. The molecule has 0 aromatic carbocycles. The molecule has 2 N–H and O–H groups in total. The number of nitrogens with zero attached hydrogens (tertiary/aromatic N) is 1. The number of amides is 2. The molecule has 5 heteroatoms. The summed E-state index contributed by atoms with van der Waals surface area (Å²) in [5.41, 5.74) is 0. The maximum Gasteiger partial charge on any atom is 0.244 e. The minimum atomic E-state index is -0.440. The maximum atomic E-state index is 12.4. The van der Waals surface area contributed by atoms with Crippen LogP contribution in [0, 0.1) is 11.8 Å². The molecule has 2 fully saturated rings. The van der Waals surface area contributed by atoms with Crippen LogP contribution in [0.1, 0.15) is 51.9 Å². The van der Waals surface area contributed by atoms with Gasteiger partial charge in [0.05, 0.1) is 0 Å². The Balaban J connectivity index is 1.78. The van der Waals surface area contributed by atoms with E-state index < -0.39 is 6.04 Å². The lowest BCUT2D eigenvalue weighted by molar-refractivity contribution is -0.138. The fourth-order valence-corrected chi connectivity index (χ4v) is 3.37. The highest BCUT2D eigenvalue weighted by molar-refractivity contribution is 5.88. The topological polar surface area (TPSA) is 69.6 Å². The van der Waals surface area contributed by atoms with Gasteiger partial charge in [-0.15, -0.1) is 0 Å². The number of aliphatic hydroxyl groups excluding tert-OH is 1. The SMILES string of the molecule is CC(NC(=O)C1CCCCC1)C(=O)N1CCC(CO)CC1. The van der Waals surface area contributed by atoms with E-state index in [1.165, 1.54) is 6.42 Å². The van der Waals surface area contributed by atoms with Gasteiger partial charge in [-0.05, 0) is 38.5 Å².